The number of halogens is 2. The fourth-order valence-electron chi connectivity index (χ4n) is 6.16. The van der Waals surface area contributed by atoms with Gasteiger partial charge in [-0.25, -0.2) is 8.78 Å². The van der Waals surface area contributed by atoms with Crippen LogP contribution in [0.25, 0.3) is 11.1 Å². The molecule has 1 atom stereocenters. The van der Waals surface area contributed by atoms with Gasteiger partial charge in [0.15, 0.2) is 11.6 Å². The molecule has 1 unspecified atom stereocenters. The smallest absolute Gasteiger partial charge is 0.166 e. The van der Waals surface area contributed by atoms with E-state index >= 15 is 8.78 Å². The first-order valence-electron chi connectivity index (χ1n) is 16.5. The number of ether oxygens (including phenoxy) is 2. The number of rotatable bonds is 20. The molecular formula is C36H52F2O2. The van der Waals surface area contributed by atoms with Gasteiger partial charge in [-0.2, -0.15) is 0 Å². The van der Waals surface area contributed by atoms with Gasteiger partial charge < -0.3 is 9.47 Å². The third kappa shape index (κ3) is 10.2. The van der Waals surface area contributed by atoms with Crippen molar-refractivity contribution < 1.29 is 18.3 Å². The van der Waals surface area contributed by atoms with Crippen molar-refractivity contribution in [2.24, 2.45) is 11.8 Å². The standard InChI is InChI=1S/C36H52F2O2/c1-2-3-11-23-39-24-12-25-40-32-21-19-30(20-22-32)34-27-31-18-17-29(26-33(31)35(37)36(34)38)14-10-8-6-4-5-7-9-13-28-15-16-28/h19-22,27-29H,2-18,23-26H2,1H3. The van der Waals surface area contributed by atoms with Crippen LogP contribution < -0.4 is 4.74 Å². The van der Waals surface area contributed by atoms with E-state index in [2.05, 4.69) is 6.92 Å². The quantitative estimate of drug-likeness (QED) is 0.152. The molecule has 0 saturated heterocycles. The van der Waals surface area contributed by atoms with Crippen molar-refractivity contribution in [1.82, 2.24) is 0 Å². The van der Waals surface area contributed by atoms with Crippen LogP contribution in [0.4, 0.5) is 8.78 Å². The molecule has 1 saturated carbocycles. The summed E-state index contributed by atoms with van der Waals surface area (Å²) < 4.78 is 41.9. The molecule has 2 aromatic carbocycles. The minimum atomic E-state index is -0.713. The van der Waals surface area contributed by atoms with Crippen molar-refractivity contribution in [3.63, 3.8) is 0 Å². The minimum Gasteiger partial charge on any atom is -0.494 e. The van der Waals surface area contributed by atoms with E-state index in [1.165, 1.54) is 77.0 Å². The summed E-state index contributed by atoms with van der Waals surface area (Å²) in [6.45, 7) is 4.27. The van der Waals surface area contributed by atoms with Gasteiger partial charge in [-0.05, 0) is 72.4 Å². The molecule has 0 aromatic heterocycles. The molecule has 2 aliphatic rings. The molecule has 0 N–H and O–H groups in total. The number of hydrogen-bond acceptors (Lipinski definition) is 2. The van der Waals surface area contributed by atoms with Crippen LogP contribution in [0.3, 0.4) is 0 Å². The van der Waals surface area contributed by atoms with Crippen molar-refractivity contribution in [2.75, 3.05) is 19.8 Å². The third-order valence-electron chi connectivity index (χ3n) is 8.90. The Hall–Kier alpha value is -1.94. The Morgan fingerprint density at radius 3 is 2.08 bits per heavy atom. The minimum absolute atomic E-state index is 0.360. The topological polar surface area (TPSA) is 18.5 Å². The average Bonchev–Trinajstić information content (AvgIpc) is 3.80. The molecule has 2 aliphatic carbocycles. The average molecular weight is 555 g/mol. The highest BCUT2D eigenvalue weighted by Gasteiger charge is 2.26. The predicted molar refractivity (Wildman–Crippen MR) is 162 cm³/mol. The van der Waals surface area contributed by atoms with E-state index < -0.39 is 11.6 Å². The number of unbranched alkanes of at least 4 members (excludes halogenated alkanes) is 8. The summed E-state index contributed by atoms with van der Waals surface area (Å²) >= 11 is 0. The second kappa shape index (κ2) is 17.1. The second-order valence-corrected chi connectivity index (χ2v) is 12.3. The van der Waals surface area contributed by atoms with Gasteiger partial charge in [0.25, 0.3) is 0 Å². The van der Waals surface area contributed by atoms with E-state index in [1.54, 1.807) is 0 Å². The Labute approximate surface area is 242 Å². The summed E-state index contributed by atoms with van der Waals surface area (Å²) in [5, 5.41) is 0. The highest BCUT2D eigenvalue weighted by Crippen LogP contribution is 2.37. The first-order valence-corrected chi connectivity index (χ1v) is 16.5. The van der Waals surface area contributed by atoms with E-state index in [9.17, 15) is 0 Å². The summed E-state index contributed by atoms with van der Waals surface area (Å²) in [5.41, 5.74) is 2.65. The Morgan fingerprint density at radius 2 is 1.38 bits per heavy atom. The maximum Gasteiger partial charge on any atom is 0.166 e. The van der Waals surface area contributed by atoms with Crippen molar-refractivity contribution in [3.05, 3.63) is 53.1 Å². The van der Waals surface area contributed by atoms with Crippen LogP contribution >= 0.6 is 0 Å². The molecule has 2 aromatic rings. The highest BCUT2D eigenvalue weighted by molar-refractivity contribution is 5.67. The predicted octanol–water partition coefficient (Wildman–Crippen LogP) is 10.6. The number of aryl methyl sites for hydroxylation is 1. The van der Waals surface area contributed by atoms with Crippen molar-refractivity contribution >= 4 is 0 Å². The number of hydrogen-bond donors (Lipinski definition) is 0. The lowest BCUT2D eigenvalue weighted by Crippen LogP contribution is -2.17. The van der Waals surface area contributed by atoms with E-state index in [0.29, 0.717) is 42.2 Å². The van der Waals surface area contributed by atoms with Crippen molar-refractivity contribution in [1.29, 1.82) is 0 Å². The summed E-state index contributed by atoms with van der Waals surface area (Å²) in [6, 6.07) is 9.25. The van der Waals surface area contributed by atoms with Crippen LogP contribution in [-0.4, -0.2) is 19.8 Å². The molecule has 0 aliphatic heterocycles. The highest BCUT2D eigenvalue weighted by atomic mass is 19.2. The molecular weight excluding hydrogens is 502 g/mol. The van der Waals surface area contributed by atoms with Crippen molar-refractivity contribution in [3.8, 4) is 16.9 Å². The van der Waals surface area contributed by atoms with E-state index in [1.807, 2.05) is 30.3 Å². The Morgan fingerprint density at radius 1 is 0.700 bits per heavy atom. The Bertz CT molecular complexity index is 999. The zero-order valence-electron chi connectivity index (χ0n) is 25.0. The van der Waals surface area contributed by atoms with E-state index in [-0.39, 0.29) is 0 Å². The van der Waals surface area contributed by atoms with Gasteiger partial charge in [-0.3, -0.25) is 0 Å². The second-order valence-electron chi connectivity index (χ2n) is 12.3. The lowest BCUT2D eigenvalue weighted by molar-refractivity contribution is 0.116. The van der Waals surface area contributed by atoms with Gasteiger partial charge in [0.05, 0.1) is 6.61 Å². The van der Waals surface area contributed by atoms with Crippen LogP contribution in [-0.2, 0) is 17.6 Å². The molecule has 0 amide bonds. The molecule has 0 heterocycles. The van der Waals surface area contributed by atoms with Crippen LogP contribution in [0, 0.1) is 23.5 Å². The molecule has 2 nitrogen and oxygen atoms in total. The number of benzene rings is 2. The summed E-state index contributed by atoms with van der Waals surface area (Å²) in [5.74, 6) is 0.935. The Balaban J connectivity index is 1.17. The largest absolute Gasteiger partial charge is 0.494 e. The maximum atomic E-state index is 15.3. The molecule has 0 radical (unpaired) electrons. The lowest BCUT2D eigenvalue weighted by atomic mass is 9.80. The molecule has 222 valence electrons. The van der Waals surface area contributed by atoms with Gasteiger partial charge in [0.2, 0.25) is 0 Å². The van der Waals surface area contributed by atoms with Crippen LogP contribution in [0.1, 0.15) is 121 Å². The first-order chi connectivity index (χ1) is 19.7. The van der Waals surface area contributed by atoms with Crippen molar-refractivity contribution in [2.45, 2.75) is 122 Å². The van der Waals surface area contributed by atoms with Gasteiger partial charge in [-0.1, -0.05) is 103 Å². The zero-order chi connectivity index (χ0) is 28.0. The fourth-order valence-corrected chi connectivity index (χ4v) is 6.16. The van der Waals surface area contributed by atoms with Crippen LogP contribution in [0.2, 0.25) is 0 Å². The van der Waals surface area contributed by atoms with Gasteiger partial charge in [0.1, 0.15) is 5.75 Å². The lowest BCUT2D eigenvalue weighted by Gasteiger charge is -2.26. The monoisotopic (exact) mass is 554 g/mol. The molecule has 4 heteroatoms. The molecule has 40 heavy (non-hydrogen) atoms. The summed E-state index contributed by atoms with van der Waals surface area (Å²) in [7, 11) is 0. The molecule has 0 bridgehead atoms. The zero-order valence-corrected chi connectivity index (χ0v) is 25.0. The summed E-state index contributed by atoms with van der Waals surface area (Å²) in [4.78, 5) is 0. The van der Waals surface area contributed by atoms with E-state index in [0.717, 1.165) is 55.9 Å². The Kier molecular flexibility index (Phi) is 13.3. The molecule has 1 fully saturated rings. The van der Waals surface area contributed by atoms with Gasteiger partial charge in [0, 0.05) is 25.2 Å². The SMILES string of the molecule is CCCCCOCCCOc1ccc(-c2cc3c(c(F)c2F)CC(CCCCCCCCCC2CC2)CC3)cc1. The van der Waals surface area contributed by atoms with Gasteiger partial charge in [-0.15, -0.1) is 0 Å². The van der Waals surface area contributed by atoms with E-state index in [4.69, 9.17) is 9.47 Å². The molecule has 0 spiro atoms. The fraction of sp³-hybridized carbons (Fsp3) is 0.667. The first kappa shape index (κ1) is 31.0. The number of fused-ring (bicyclic) bond motifs is 1. The normalized spacial score (nSPS) is 16.7. The maximum absolute atomic E-state index is 15.3. The third-order valence-corrected chi connectivity index (χ3v) is 8.90. The van der Waals surface area contributed by atoms with Gasteiger partial charge >= 0.3 is 0 Å². The van der Waals surface area contributed by atoms with Crippen LogP contribution in [0.5, 0.6) is 5.75 Å². The van der Waals surface area contributed by atoms with Crippen LogP contribution in [0.15, 0.2) is 30.3 Å². The molecule has 4 rings (SSSR count). The summed E-state index contributed by atoms with van der Waals surface area (Å²) in [6.07, 6.45) is 21.8.